The highest BCUT2D eigenvalue weighted by molar-refractivity contribution is 6.30. The summed E-state index contributed by atoms with van der Waals surface area (Å²) in [7, 11) is 0. The number of hydrogen-bond acceptors (Lipinski definition) is 5. The zero-order valence-electron chi connectivity index (χ0n) is 12.7. The first-order chi connectivity index (χ1) is 10.9. The Kier molecular flexibility index (Phi) is 5.47. The van der Waals surface area contributed by atoms with Gasteiger partial charge >= 0.3 is 0 Å². The molecule has 0 radical (unpaired) electrons. The minimum absolute atomic E-state index is 0.0397. The Morgan fingerprint density at radius 3 is 2.35 bits per heavy atom. The lowest BCUT2D eigenvalue weighted by atomic mass is 10.1. The van der Waals surface area contributed by atoms with Gasteiger partial charge < -0.3 is 19.7 Å². The van der Waals surface area contributed by atoms with Gasteiger partial charge in [-0.2, -0.15) is 0 Å². The van der Waals surface area contributed by atoms with Crippen molar-refractivity contribution in [3.05, 3.63) is 53.1 Å². The number of ketones is 1. The smallest absolute Gasteiger partial charge is 0.266 e. The van der Waals surface area contributed by atoms with Gasteiger partial charge in [-0.3, -0.25) is 4.79 Å². The Balaban J connectivity index is 2.25. The molecule has 0 saturated heterocycles. The largest absolute Gasteiger partial charge is 0.507 e. The highest BCUT2D eigenvalue weighted by atomic mass is 35.5. The summed E-state index contributed by atoms with van der Waals surface area (Å²) in [4.78, 5) is 11.7. The van der Waals surface area contributed by atoms with Crippen molar-refractivity contribution in [2.75, 3.05) is 0 Å². The van der Waals surface area contributed by atoms with E-state index in [9.17, 15) is 15.0 Å². The van der Waals surface area contributed by atoms with E-state index in [1.807, 2.05) is 0 Å². The molecule has 0 aliphatic carbocycles. The third-order valence-electron chi connectivity index (χ3n) is 3.06. The molecule has 0 aliphatic heterocycles. The Morgan fingerprint density at radius 2 is 1.78 bits per heavy atom. The lowest BCUT2D eigenvalue weighted by Crippen LogP contribution is -2.35. The first-order valence-electron chi connectivity index (χ1n) is 6.98. The second kappa shape index (κ2) is 7.35. The second-order valence-corrected chi connectivity index (χ2v) is 5.44. The van der Waals surface area contributed by atoms with Crippen molar-refractivity contribution in [3.8, 4) is 17.2 Å². The average molecular weight is 337 g/mol. The predicted molar refractivity (Wildman–Crippen MR) is 86.3 cm³/mol. The third-order valence-corrected chi connectivity index (χ3v) is 3.31. The summed E-state index contributed by atoms with van der Waals surface area (Å²) in [5.74, 6) is 0.0435. The van der Waals surface area contributed by atoms with Crippen LogP contribution in [0.3, 0.4) is 0 Å². The number of aromatic hydroxyl groups is 1. The second-order valence-electron chi connectivity index (χ2n) is 5.01. The average Bonchev–Trinajstić information content (AvgIpc) is 2.48. The normalized spacial score (nSPS) is 13.2. The molecular formula is C17H17ClO5. The number of Topliss-reactive ketones (excluding diaryl/α,β-unsaturated/α-hetero) is 1. The van der Waals surface area contributed by atoms with Crippen molar-refractivity contribution in [2.45, 2.75) is 26.2 Å². The van der Waals surface area contributed by atoms with Crippen molar-refractivity contribution in [3.63, 3.8) is 0 Å². The van der Waals surface area contributed by atoms with Crippen LogP contribution in [0.2, 0.25) is 5.02 Å². The number of carbonyl (C=O) groups is 1. The molecule has 0 heterocycles. The van der Waals surface area contributed by atoms with E-state index in [0.29, 0.717) is 10.8 Å². The number of phenolic OH excluding ortho intramolecular Hbond substituents is 1. The van der Waals surface area contributed by atoms with Crippen LogP contribution in [0.25, 0.3) is 0 Å². The first-order valence-corrected chi connectivity index (χ1v) is 7.36. The van der Waals surface area contributed by atoms with Crippen molar-refractivity contribution in [2.24, 2.45) is 0 Å². The maximum atomic E-state index is 11.7. The summed E-state index contributed by atoms with van der Waals surface area (Å²) in [5, 5.41) is 20.2. The SMILES string of the molecule is CC(=O)c1c(O)cccc1OC(Oc1ccc(Cl)cc1)C(C)O. The van der Waals surface area contributed by atoms with Gasteiger partial charge in [0.2, 0.25) is 0 Å². The highest BCUT2D eigenvalue weighted by Gasteiger charge is 2.23. The molecule has 0 saturated carbocycles. The van der Waals surface area contributed by atoms with Gasteiger partial charge in [0.15, 0.2) is 5.78 Å². The molecule has 23 heavy (non-hydrogen) atoms. The number of rotatable bonds is 6. The van der Waals surface area contributed by atoms with Crippen LogP contribution in [-0.4, -0.2) is 28.4 Å². The molecule has 122 valence electrons. The zero-order chi connectivity index (χ0) is 17.0. The number of benzene rings is 2. The summed E-state index contributed by atoms with van der Waals surface area (Å²) in [6, 6.07) is 11.0. The minimum atomic E-state index is -1.06. The molecule has 0 aliphatic rings. The Morgan fingerprint density at radius 1 is 1.13 bits per heavy atom. The quantitative estimate of drug-likeness (QED) is 0.624. The highest BCUT2D eigenvalue weighted by Crippen LogP contribution is 2.29. The number of aliphatic hydroxyl groups excluding tert-OH is 1. The number of aliphatic hydroxyl groups is 1. The van der Waals surface area contributed by atoms with E-state index < -0.39 is 12.4 Å². The molecule has 2 rings (SSSR count). The van der Waals surface area contributed by atoms with E-state index in [1.54, 1.807) is 30.3 Å². The molecule has 5 nitrogen and oxygen atoms in total. The molecule has 0 spiro atoms. The van der Waals surface area contributed by atoms with Crippen LogP contribution in [0.1, 0.15) is 24.2 Å². The van der Waals surface area contributed by atoms with Crippen molar-refractivity contribution in [1.82, 2.24) is 0 Å². The summed E-state index contributed by atoms with van der Waals surface area (Å²) in [6.07, 6.45) is -2.04. The predicted octanol–water partition coefficient (Wildman–Crippen LogP) is 3.41. The molecule has 2 aromatic rings. The Labute approximate surface area is 139 Å². The molecule has 6 heteroatoms. The molecule has 2 unspecified atom stereocenters. The fraction of sp³-hybridized carbons (Fsp3) is 0.235. The molecular weight excluding hydrogens is 320 g/mol. The molecule has 0 amide bonds. The summed E-state index contributed by atoms with van der Waals surface area (Å²) >= 11 is 5.81. The van der Waals surface area contributed by atoms with Gasteiger partial charge in [-0.05, 0) is 50.2 Å². The summed E-state index contributed by atoms with van der Waals surface area (Å²) in [6.45, 7) is 2.82. The van der Waals surface area contributed by atoms with Gasteiger partial charge in [0.05, 0.1) is 0 Å². The van der Waals surface area contributed by atoms with Gasteiger partial charge in [0, 0.05) is 5.02 Å². The first kappa shape index (κ1) is 17.1. The van der Waals surface area contributed by atoms with Crippen molar-refractivity contribution in [1.29, 1.82) is 0 Å². The minimum Gasteiger partial charge on any atom is -0.507 e. The molecule has 2 aromatic carbocycles. The standard InChI is InChI=1S/C17H17ClO5/c1-10(19)16-14(21)4-3-5-15(16)23-17(11(2)20)22-13-8-6-12(18)7-9-13/h3-9,11,17,20-21H,1-2H3. The number of ether oxygens (including phenoxy) is 2. The molecule has 2 atom stereocenters. The van der Waals surface area contributed by atoms with E-state index >= 15 is 0 Å². The van der Waals surface area contributed by atoms with Gasteiger partial charge in [0.25, 0.3) is 6.29 Å². The number of phenols is 1. The number of halogens is 1. The van der Waals surface area contributed by atoms with Crippen LogP contribution < -0.4 is 9.47 Å². The molecule has 0 bridgehead atoms. The van der Waals surface area contributed by atoms with E-state index in [2.05, 4.69) is 0 Å². The van der Waals surface area contributed by atoms with Crippen LogP contribution in [-0.2, 0) is 0 Å². The van der Waals surface area contributed by atoms with Crippen LogP contribution in [0, 0.1) is 0 Å². The van der Waals surface area contributed by atoms with Gasteiger partial charge in [-0.25, -0.2) is 0 Å². The monoisotopic (exact) mass is 336 g/mol. The van der Waals surface area contributed by atoms with Crippen LogP contribution in [0.4, 0.5) is 0 Å². The third kappa shape index (κ3) is 4.37. The fourth-order valence-electron chi connectivity index (χ4n) is 1.97. The fourth-order valence-corrected chi connectivity index (χ4v) is 2.09. The van der Waals surface area contributed by atoms with E-state index in [4.69, 9.17) is 21.1 Å². The summed E-state index contributed by atoms with van der Waals surface area (Å²) in [5.41, 5.74) is 0.0397. The Hall–Kier alpha value is -2.24. The van der Waals surface area contributed by atoms with E-state index in [-0.39, 0.29) is 22.8 Å². The maximum Gasteiger partial charge on any atom is 0.266 e. The van der Waals surface area contributed by atoms with Crippen LogP contribution >= 0.6 is 11.6 Å². The topological polar surface area (TPSA) is 76.0 Å². The van der Waals surface area contributed by atoms with Gasteiger partial charge in [-0.15, -0.1) is 0 Å². The lowest BCUT2D eigenvalue weighted by molar-refractivity contribution is -0.0780. The number of hydrogen-bond donors (Lipinski definition) is 2. The van der Waals surface area contributed by atoms with Crippen LogP contribution in [0.15, 0.2) is 42.5 Å². The Bertz CT molecular complexity index is 682. The van der Waals surface area contributed by atoms with Gasteiger partial charge in [-0.1, -0.05) is 17.7 Å². The van der Waals surface area contributed by atoms with Crippen LogP contribution in [0.5, 0.6) is 17.2 Å². The molecule has 2 N–H and O–H groups in total. The number of carbonyl (C=O) groups excluding carboxylic acids is 1. The van der Waals surface area contributed by atoms with E-state index in [0.717, 1.165) is 0 Å². The van der Waals surface area contributed by atoms with E-state index in [1.165, 1.54) is 26.0 Å². The molecule has 0 fully saturated rings. The molecule has 0 aromatic heterocycles. The summed E-state index contributed by atoms with van der Waals surface area (Å²) < 4.78 is 11.2. The zero-order valence-corrected chi connectivity index (χ0v) is 13.4. The lowest BCUT2D eigenvalue weighted by Gasteiger charge is -2.24. The maximum absolute atomic E-state index is 11.7. The van der Waals surface area contributed by atoms with Gasteiger partial charge in [0.1, 0.15) is 28.9 Å². The van der Waals surface area contributed by atoms with Crippen molar-refractivity contribution >= 4 is 17.4 Å². The van der Waals surface area contributed by atoms with Crippen molar-refractivity contribution < 1.29 is 24.5 Å².